The fraction of sp³-hybridized carbons (Fsp3) is 0.130. The first kappa shape index (κ1) is 18.6. The number of pyridine rings is 1. The predicted octanol–water partition coefficient (Wildman–Crippen LogP) is 4.57. The van der Waals surface area contributed by atoms with Crippen molar-refractivity contribution in [3.8, 4) is 11.3 Å². The van der Waals surface area contributed by atoms with Crippen molar-refractivity contribution in [2.24, 2.45) is 0 Å². The van der Waals surface area contributed by atoms with Crippen molar-refractivity contribution < 1.29 is 9.59 Å². The van der Waals surface area contributed by atoms with Crippen molar-refractivity contribution in [3.05, 3.63) is 78.0 Å². The van der Waals surface area contributed by atoms with Crippen LogP contribution in [-0.2, 0) is 6.54 Å². The first-order chi connectivity index (χ1) is 14.1. The molecule has 0 saturated heterocycles. The van der Waals surface area contributed by atoms with Gasteiger partial charge >= 0.3 is 0 Å². The number of rotatable bonds is 5. The van der Waals surface area contributed by atoms with Gasteiger partial charge in [-0.15, -0.1) is 0 Å². The van der Waals surface area contributed by atoms with Crippen LogP contribution in [0.5, 0.6) is 0 Å². The summed E-state index contributed by atoms with van der Waals surface area (Å²) in [6.07, 6.45) is 1.67. The highest BCUT2D eigenvalue weighted by molar-refractivity contribution is 6.13. The number of aromatic nitrogens is 3. The molecule has 0 fully saturated rings. The van der Waals surface area contributed by atoms with Gasteiger partial charge in [-0.25, -0.2) is 9.67 Å². The van der Waals surface area contributed by atoms with E-state index >= 15 is 0 Å². The van der Waals surface area contributed by atoms with Gasteiger partial charge in [0, 0.05) is 23.4 Å². The standard InChI is InChI=1S/C23H20N4O2/c1-3-27-22-20(14-24-27)19(13-21(26-22)16-8-5-4-6-9-16)23(29)25-18-11-7-10-17(12-18)15(2)28/h4-14H,3H2,1-2H3,(H,25,29). The number of ketones is 1. The summed E-state index contributed by atoms with van der Waals surface area (Å²) in [7, 11) is 0. The van der Waals surface area contributed by atoms with E-state index in [1.807, 2.05) is 37.3 Å². The predicted molar refractivity (Wildman–Crippen MR) is 113 cm³/mol. The Hall–Kier alpha value is -3.80. The van der Waals surface area contributed by atoms with Gasteiger partial charge in [0.15, 0.2) is 11.4 Å². The third kappa shape index (κ3) is 3.65. The van der Waals surface area contributed by atoms with Crippen molar-refractivity contribution in [1.29, 1.82) is 0 Å². The maximum Gasteiger partial charge on any atom is 0.256 e. The van der Waals surface area contributed by atoms with Gasteiger partial charge in [-0.3, -0.25) is 9.59 Å². The van der Waals surface area contributed by atoms with E-state index in [-0.39, 0.29) is 11.7 Å². The number of fused-ring (bicyclic) bond motifs is 1. The van der Waals surface area contributed by atoms with E-state index in [9.17, 15) is 9.59 Å². The molecule has 2 aromatic heterocycles. The molecule has 4 aromatic rings. The number of Topliss-reactive ketones (excluding diaryl/α,β-unsaturated/α-hetero) is 1. The molecule has 144 valence electrons. The first-order valence-electron chi connectivity index (χ1n) is 9.41. The minimum atomic E-state index is -0.272. The van der Waals surface area contributed by atoms with E-state index < -0.39 is 0 Å². The van der Waals surface area contributed by atoms with Gasteiger partial charge in [-0.1, -0.05) is 42.5 Å². The minimum absolute atomic E-state index is 0.0528. The highest BCUT2D eigenvalue weighted by Crippen LogP contribution is 2.26. The van der Waals surface area contributed by atoms with Crippen LogP contribution in [0.15, 0.2) is 66.9 Å². The summed E-state index contributed by atoms with van der Waals surface area (Å²) < 4.78 is 1.77. The number of hydrogen-bond acceptors (Lipinski definition) is 4. The van der Waals surface area contributed by atoms with Crippen molar-refractivity contribution in [2.45, 2.75) is 20.4 Å². The number of benzene rings is 2. The maximum atomic E-state index is 13.1. The maximum absolute atomic E-state index is 13.1. The monoisotopic (exact) mass is 384 g/mol. The second-order valence-corrected chi connectivity index (χ2v) is 6.71. The largest absolute Gasteiger partial charge is 0.322 e. The smallest absolute Gasteiger partial charge is 0.256 e. The summed E-state index contributed by atoms with van der Waals surface area (Å²) in [4.78, 5) is 29.5. The average Bonchev–Trinajstić information content (AvgIpc) is 3.17. The van der Waals surface area contributed by atoms with Gasteiger partial charge in [0.05, 0.1) is 22.8 Å². The van der Waals surface area contributed by atoms with E-state index in [1.165, 1.54) is 6.92 Å². The first-order valence-corrected chi connectivity index (χ1v) is 9.41. The highest BCUT2D eigenvalue weighted by Gasteiger charge is 2.17. The molecule has 2 heterocycles. The molecule has 0 aliphatic heterocycles. The molecule has 0 spiro atoms. The number of amides is 1. The Morgan fingerprint density at radius 1 is 1.03 bits per heavy atom. The van der Waals surface area contributed by atoms with E-state index in [1.54, 1.807) is 41.2 Å². The number of anilines is 1. The van der Waals surface area contributed by atoms with Crippen LogP contribution in [0.4, 0.5) is 5.69 Å². The molecule has 1 N–H and O–H groups in total. The topological polar surface area (TPSA) is 76.9 Å². The Kier molecular flexibility index (Phi) is 4.91. The van der Waals surface area contributed by atoms with Crippen molar-refractivity contribution in [1.82, 2.24) is 14.8 Å². The Labute approximate surface area is 168 Å². The van der Waals surface area contributed by atoms with Crippen LogP contribution in [0, 0.1) is 0 Å². The molecule has 0 radical (unpaired) electrons. The molecule has 0 saturated carbocycles. The Morgan fingerprint density at radius 2 is 1.83 bits per heavy atom. The molecule has 4 rings (SSSR count). The Morgan fingerprint density at radius 3 is 2.55 bits per heavy atom. The van der Waals surface area contributed by atoms with E-state index in [0.29, 0.717) is 40.1 Å². The third-order valence-electron chi connectivity index (χ3n) is 4.75. The van der Waals surface area contributed by atoms with E-state index in [4.69, 9.17) is 4.98 Å². The number of hydrogen-bond donors (Lipinski definition) is 1. The quantitative estimate of drug-likeness (QED) is 0.511. The molecule has 0 atom stereocenters. The average molecular weight is 384 g/mol. The molecular formula is C23H20N4O2. The van der Waals surface area contributed by atoms with Gasteiger partial charge < -0.3 is 5.32 Å². The number of nitrogens with zero attached hydrogens (tertiary/aromatic N) is 3. The normalized spacial score (nSPS) is 10.8. The summed E-state index contributed by atoms with van der Waals surface area (Å²) >= 11 is 0. The SMILES string of the molecule is CCn1ncc2c(C(=O)Nc3cccc(C(C)=O)c3)cc(-c3ccccc3)nc21. The van der Waals surface area contributed by atoms with Crippen LogP contribution < -0.4 is 5.32 Å². The summed E-state index contributed by atoms with van der Waals surface area (Å²) in [6.45, 7) is 4.13. The molecule has 6 heteroatoms. The number of carbonyl (C=O) groups excluding carboxylic acids is 2. The third-order valence-corrected chi connectivity index (χ3v) is 4.75. The van der Waals surface area contributed by atoms with Gasteiger partial charge in [-0.2, -0.15) is 5.10 Å². The van der Waals surface area contributed by atoms with E-state index in [0.717, 1.165) is 5.56 Å². The molecule has 0 bridgehead atoms. The molecule has 0 aliphatic carbocycles. The Bertz CT molecular complexity index is 1210. The van der Waals surface area contributed by atoms with Gasteiger partial charge in [0.2, 0.25) is 0 Å². The zero-order valence-corrected chi connectivity index (χ0v) is 16.2. The second kappa shape index (κ2) is 7.67. The molecule has 2 aromatic carbocycles. The molecular weight excluding hydrogens is 364 g/mol. The molecule has 0 aliphatic rings. The van der Waals surface area contributed by atoms with Gasteiger partial charge in [0.1, 0.15) is 0 Å². The van der Waals surface area contributed by atoms with Crippen LogP contribution in [0.25, 0.3) is 22.3 Å². The Balaban J connectivity index is 1.79. The van der Waals surface area contributed by atoms with Crippen molar-refractivity contribution in [2.75, 3.05) is 5.32 Å². The molecule has 0 unspecified atom stereocenters. The minimum Gasteiger partial charge on any atom is -0.322 e. The molecule has 29 heavy (non-hydrogen) atoms. The van der Waals surface area contributed by atoms with Crippen LogP contribution in [0.1, 0.15) is 34.6 Å². The summed E-state index contributed by atoms with van der Waals surface area (Å²) in [5.74, 6) is -0.325. The van der Waals surface area contributed by atoms with Crippen molar-refractivity contribution in [3.63, 3.8) is 0 Å². The fourth-order valence-electron chi connectivity index (χ4n) is 3.24. The van der Waals surface area contributed by atoms with Crippen molar-refractivity contribution >= 4 is 28.4 Å². The van der Waals surface area contributed by atoms with E-state index in [2.05, 4.69) is 10.4 Å². The lowest BCUT2D eigenvalue weighted by molar-refractivity contribution is 0.101. The van der Waals surface area contributed by atoms with Crippen LogP contribution >= 0.6 is 0 Å². The lowest BCUT2D eigenvalue weighted by atomic mass is 10.1. The highest BCUT2D eigenvalue weighted by atomic mass is 16.1. The summed E-state index contributed by atoms with van der Waals surface area (Å²) in [5.41, 5.74) is 3.89. The molecule has 6 nitrogen and oxygen atoms in total. The number of carbonyl (C=O) groups is 2. The van der Waals surface area contributed by atoms with Crippen LogP contribution in [0.2, 0.25) is 0 Å². The zero-order chi connectivity index (χ0) is 20.4. The lowest BCUT2D eigenvalue weighted by Gasteiger charge is -2.10. The fourth-order valence-corrected chi connectivity index (χ4v) is 3.24. The summed E-state index contributed by atoms with van der Waals surface area (Å²) in [6, 6.07) is 18.4. The van der Waals surface area contributed by atoms with Crippen LogP contribution in [0.3, 0.4) is 0 Å². The van der Waals surface area contributed by atoms with Gasteiger partial charge in [0.25, 0.3) is 5.91 Å². The number of nitrogens with one attached hydrogen (secondary N) is 1. The second-order valence-electron chi connectivity index (χ2n) is 6.71. The molecule has 1 amide bonds. The number of aryl methyl sites for hydroxylation is 1. The van der Waals surface area contributed by atoms with Crippen LogP contribution in [-0.4, -0.2) is 26.5 Å². The summed E-state index contributed by atoms with van der Waals surface area (Å²) in [5, 5.41) is 7.95. The van der Waals surface area contributed by atoms with Gasteiger partial charge in [-0.05, 0) is 32.0 Å². The lowest BCUT2D eigenvalue weighted by Crippen LogP contribution is -2.13. The zero-order valence-electron chi connectivity index (χ0n) is 16.2.